The zero-order valence-electron chi connectivity index (χ0n) is 36.0. The molecule has 20 heteroatoms. The fourth-order valence-corrected chi connectivity index (χ4v) is 7.86. The highest BCUT2D eigenvalue weighted by atomic mass is 16.7. The van der Waals surface area contributed by atoms with Gasteiger partial charge in [-0.2, -0.15) is 9.63 Å². The van der Waals surface area contributed by atoms with Gasteiger partial charge in [0.25, 0.3) is 5.91 Å². The lowest BCUT2D eigenvalue weighted by Crippen LogP contribution is -2.49. The Morgan fingerprint density at radius 3 is 1.79 bits per heavy atom. The molecule has 4 aromatic rings. The predicted molar refractivity (Wildman–Crippen MR) is 234 cm³/mol. The van der Waals surface area contributed by atoms with E-state index in [1.807, 2.05) is 58.1 Å². The van der Waals surface area contributed by atoms with Crippen LogP contribution in [0.2, 0.25) is 0 Å². The molecule has 2 amide bonds. The zero-order chi connectivity index (χ0) is 45.6. The fourth-order valence-electron chi connectivity index (χ4n) is 7.86. The van der Waals surface area contributed by atoms with Crippen LogP contribution in [0.4, 0.5) is 0 Å². The van der Waals surface area contributed by atoms with Crippen molar-refractivity contribution in [2.75, 3.05) is 106 Å². The van der Waals surface area contributed by atoms with E-state index in [1.54, 1.807) is 58.0 Å². The van der Waals surface area contributed by atoms with Gasteiger partial charge in [0.05, 0.1) is 44.7 Å². The van der Waals surface area contributed by atoms with Gasteiger partial charge in [-0.25, -0.2) is 0 Å². The van der Waals surface area contributed by atoms with Gasteiger partial charge in [-0.15, -0.1) is 0 Å². The molecule has 1 aromatic heterocycles. The maximum atomic E-state index is 13.8. The Kier molecular flexibility index (Phi) is 17.8. The van der Waals surface area contributed by atoms with Crippen LogP contribution in [0.1, 0.15) is 17.2 Å². The number of amides is 2. The summed E-state index contributed by atoms with van der Waals surface area (Å²) in [6.07, 6.45) is 1.92. The Bertz CT molecular complexity index is 2200. The number of carbonyl (C=O) groups is 5. The van der Waals surface area contributed by atoms with Crippen LogP contribution >= 0.6 is 0 Å². The number of aromatic nitrogens is 1. The van der Waals surface area contributed by atoms with Gasteiger partial charge in [0.1, 0.15) is 0 Å². The number of hydroxylamine groups is 2. The number of carbonyl (C=O) groups excluding carboxylic acids is 2. The van der Waals surface area contributed by atoms with Crippen LogP contribution in [-0.4, -0.2) is 198 Å². The Hall–Kier alpha value is -5.58. The van der Waals surface area contributed by atoms with Gasteiger partial charge < -0.3 is 40.4 Å². The molecule has 0 radical (unpaired) electrons. The number of fused-ring (bicyclic) bond motifs is 3. The number of nitrogens with zero attached hydrogens (tertiary/aromatic N) is 7. The van der Waals surface area contributed by atoms with Gasteiger partial charge in [-0.1, -0.05) is 48.5 Å². The molecule has 63 heavy (non-hydrogen) atoms. The summed E-state index contributed by atoms with van der Waals surface area (Å²) in [6.45, 7) is 1.95. The topological polar surface area (TPSA) is 231 Å². The highest BCUT2D eigenvalue weighted by Crippen LogP contribution is 2.24. The summed E-state index contributed by atoms with van der Waals surface area (Å²) in [5.41, 5.74) is 2.53. The average Bonchev–Trinajstić information content (AvgIpc) is 3.24. The minimum Gasteiger partial charge on any atom is -0.480 e. The molecule has 338 valence electrons. The van der Waals surface area contributed by atoms with E-state index in [9.17, 15) is 49.3 Å². The molecule has 1 aliphatic rings. The first-order chi connectivity index (χ1) is 30.1. The maximum Gasteiger partial charge on any atom is 0.488 e. The highest BCUT2D eigenvalue weighted by molar-refractivity contribution is 6.59. The van der Waals surface area contributed by atoms with Crippen molar-refractivity contribution < 1.29 is 58.7 Å². The van der Waals surface area contributed by atoms with Gasteiger partial charge in [0.2, 0.25) is 18.0 Å². The minimum absolute atomic E-state index is 0.00226. The van der Waals surface area contributed by atoms with Gasteiger partial charge in [-0.3, -0.25) is 43.6 Å². The molecule has 5 rings (SSSR count). The molecule has 0 bridgehead atoms. The summed E-state index contributed by atoms with van der Waals surface area (Å²) in [5.74, 6) is -3.55. The Morgan fingerprint density at radius 1 is 0.730 bits per heavy atom. The number of rotatable bonds is 18. The Morgan fingerprint density at radius 2 is 1.25 bits per heavy atom. The standard InChI is InChI=1S/C43H57BN8O11/c1-46(40(54)27-48-14-16-49(28-41(55)56)18-20-51(30-43(59)60)21-19-50(17-15-48)29-42(57)58)24-31-12-13-37-35(22-31)33-9-5-4-8-32(33)25-52(37)26-39(53)45-23-38(47(2)63-3)34-10-6-7-11-36(34)44(61)62/h4-13,22,25,38,61-62H,14-21,23-24,26-30H2,1-3H3,(H3-,45,53,55,56,57,58,59,60)/p+1. The van der Waals surface area contributed by atoms with E-state index in [4.69, 9.17) is 4.84 Å². The van der Waals surface area contributed by atoms with Gasteiger partial charge in [0.15, 0.2) is 6.20 Å². The number of pyridine rings is 1. The Labute approximate surface area is 366 Å². The summed E-state index contributed by atoms with van der Waals surface area (Å²) in [6, 6.07) is 20.0. The summed E-state index contributed by atoms with van der Waals surface area (Å²) < 4.78 is 1.87. The van der Waals surface area contributed by atoms with Crippen molar-refractivity contribution in [3.63, 3.8) is 0 Å². The van der Waals surface area contributed by atoms with Crippen molar-refractivity contribution in [1.29, 1.82) is 0 Å². The lowest BCUT2D eigenvalue weighted by molar-refractivity contribution is -0.657. The van der Waals surface area contributed by atoms with Crippen LogP contribution in [0.3, 0.4) is 0 Å². The smallest absolute Gasteiger partial charge is 0.480 e. The largest absolute Gasteiger partial charge is 0.488 e. The molecule has 3 aromatic carbocycles. The molecule has 0 saturated carbocycles. The second kappa shape index (κ2) is 23.2. The van der Waals surface area contributed by atoms with E-state index >= 15 is 0 Å². The zero-order valence-corrected chi connectivity index (χ0v) is 36.0. The lowest BCUT2D eigenvalue weighted by atomic mass is 9.75. The van der Waals surface area contributed by atoms with Gasteiger partial charge >= 0.3 is 25.0 Å². The maximum absolute atomic E-state index is 13.8. The van der Waals surface area contributed by atoms with Crippen LogP contribution in [0.25, 0.3) is 21.7 Å². The van der Waals surface area contributed by atoms with Gasteiger partial charge in [0, 0.05) is 96.4 Å². The number of carboxylic acid groups (broad SMARTS) is 3. The first-order valence-electron chi connectivity index (χ1n) is 20.7. The van der Waals surface area contributed by atoms with Crippen LogP contribution in [0.15, 0.2) is 72.9 Å². The second-order valence-electron chi connectivity index (χ2n) is 15.8. The summed E-state index contributed by atoms with van der Waals surface area (Å²) in [4.78, 5) is 76.4. The van der Waals surface area contributed by atoms with Crippen molar-refractivity contribution in [2.45, 2.75) is 19.1 Å². The molecule has 1 fully saturated rings. The molecule has 6 N–H and O–H groups in total. The van der Waals surface area contributed by atoms with Crippen molar-refractivity contribution in [3.05, 3.63) is 84.1 Å². The van der Waals surface area contributed by atoms with E-state index in [0.29, 0.717) is 37.2 Å². The molecule has 0 spiro atoms. The molecule has 1 unspecified atom stereocenters. The molecular weight excluding hydrogens is 815 g/mol. The number of aliphatic carboxylic acids is 3. The minimum atomic E-state index is -1.71. The molecule has 0 aliphatic carbocycles. The second-order valence-corrected chi connectivity index (χ2v) is 15.8. The normalized spacial score (nSPS) is 15.7. The summed E-state index contributed by atoms with van der Waals surface area (Å²) >= 11 is 0. The summed E-state index contributed by atoms with van der Waals surface area (Å²) in [5, 5.41) is 55.9. The third-order valence-electron chi connectivity index (χ3n) is 11.3. The summed E-state index contributed by atoms with van der Waals surface area (Å²) in [7, 11) is 3.18. The van der Waals surface area contributed by atoms with Crippen LogP contribution in [0, 0.1) is 0 Å². The van der Waals surface area contributed by atoms with E-state index < -0.39 is 31.1 Å². The van der Waals surface area contributed by atoms with Crippen LogP contribution in [0.5, 0.6) is 0 Å². The highest BCUT2D eigenvalue weighted by Gasteiger charge is 2.27. The molecule has 1 atom stereocenters. The first kappa shape index (κ1) is 48.5. The van der Waals surface area contributed by atoms with E-state index in [1.165, 1.54) is 12.2 Å². The van der Waals surface area contributed by atoms with E-state index in [-0.39, 0.29) is 83.8 Å². The monoisotopic (exact) mass is 873 g/mol. The Balaban J connectivity index is 1.31. The average molecular weight is 874 g/mol. The molecular formula is C43H58BN8O11+. The van der Waals surface area contributed by atoms with E-state index in [0.717, 1.165) is 27.2 Å². The number of benzene rings is 3. The van der Waals surface area contributed by atoms with Crippen molar-refractivity contribution in [1.82, 2.24) is 34.9 Å². The van der Waals surface area contributed by atoms with Crippen molar-refractivity contribution >= 4 is 64.0 Å². The number of carboxylic acids is 3. The molecule has 1 saturated heterocycles. The van der Waals surface area contributed by atoms with Crippen molar-refractivity contribution in [3.8, 4) is 0 Å². The fraction of sp³-hybridized carbons (Fsp3) is 0.442. The van der Waals surface area contributed by atoms with Crippen LogP contribution < -0.4 is 15.3 Å². The number of hydrogen-bond acceptors (Lipinski definition) is 13. The number of likely N-dealkylation sites (N-methyl/N-ethyl adjacent to an activating group) is 2. The van der Waals surface area contributed by atoms with Crippen LogP contribution in [-0.2, 0) is 41.9 Å². The predicted octanol–water partition coefficient (Wildman–Crippen LogP) is -1.26. The molecule has 2 heterocycles. The quantitative estimate of drug-likeness (QED) is 0.0297. The van der Waals surface area contributed by atoms with Gasteiger partial charge in [-0.05, 0) is 28.7 Å². The molecule has 1 aliphatic heterocycles. The first-order valence-corrected chi connectivity index (χ1v) is 20.7. The SMILES string of the molecule is CON(C)C(CNC(=O)C[n+]1cc2ccccc2c2cc(CN(C)C(=O)CN3CCN(CC(=O)O)CCN(CC(=O)O)CCN(CC(=O)O)CC3)ccc21)c1ccccc1B(O)O. The number of hydrogen-bond donors (Lipinski definition) is 6. The van der Waals surface area contributed by atoms with E-state index in [2.05, 4.69) is 5.32 Å². The lowest BCUT2D eigenvalue weighted by Gasteiger charge is -2.33. The molecule has 19 nitrogen and oxygen atoms in total. The van der Waals surface area contributed by atoms with Crippen molar-refractivity contribution in [2.24, 2.45) is 0 Å². The third-order valence-corrected chi connectivity index (χ3v) is 11.3. The third kappa shape index (κ3) is 14.2. The number of nitrogens with one attached hydrogen (secondary N) is 1.